The fourth-order valence-corrected chi connectivity index (χ4v) is 1.77. The number of hydrogen-bond donors (Lipinski definition) is 0. The van der Waals surface area contributed by atoms with E-state index >= 15 is 0 Å². The van der Waals surface area contributed by atoms with Crippen molar-refractivity contribution < 1.29 is 19.1 Å². The lowest BCUT2D eigenvalue weighted by molar-refractivity contribution is -0.161. The predicted molar refractivity (Wildman–Crippen MR) is 80.6 cm³/mol. The van der Waals surface area contributed by atoms with Gasteiger partial charge in [-0.15, -0.1) is 0 Å². The molecule has 0 spiro atoms. The lowest BCUT2D eigenvalue weighted by Crippen LogP contribution is -2.28. The molecule has 0 saturated heterocycles. The van der Waals surface area contributed by atoms with E-state index in [0.29, 0.717) is 12.8 Å². The highest BCUT2D eigenvalue weighted by Gasteiger charge is 2.29. The smallest absolute Gasteiger partial charge is 0.320 e. The Morgan fingerprint density at radius 2 is 1.52 bits per heavy atom. The highest BCUT2D eigenvalue weighted by molar-refractivity contribution is 5.94. The van der Waals surface area contributed by atoms with Crippen molar-refractivity contribution in [2.24, 2.45) is 5.92 Å². The first-order chi connectivity index (χ1) is 10.2. The van der Waals surface area contributed by atoms with Gasteiger partial charge in [0, 0.05) is 0 Å². The zero-order valence-electron chi connectivity index (χ0n) is 12.0. The Labute approximate surface area is 125 Å². The Morgan fingerprint density at radius 3 is 2.00 bits per heavy atom. The first-order valence-corrected chi connectivity index (χ1v) is 6.78. The quantitative estimate of drug-likeness (QED) is 0.398. The molecular formula is C17H20O4. The van der Waals surface area contributed by atoms with E-state index in [0.717, 1.165) is 5.56 Å². The molecule has 0 N–H and O–H groups in total. The highest BCUT2D eigenvalue weighted by atomic mass is 16.6. The minimum Gasteiger partial charge on any atom is -0.461 e. The van der Waals surface area contributed by atoms with Gasteiger partial charge in [-0.1, -0.05) is 55.6 Å². The van der Waals surface area contributed by atoms with Crippen molar-refractivity contribution in [3.8, 4) is 0 Å². The summed E-state index contributed by atoms with van der Waals surface area (Å²) in [5.41, 5.74) is 1.05. The largest absolute Gasteiger partial charge is 0.461 e. The topological polar surface area (TPSA) is 52.6 Å². The molecular weight excluding hydrogens is 268 g/mol. The van der Waals surface area contributed by atoms with Gasteiger partial charge in [-0.25, -0.2) is 0 Å². The maximum absolute atomic E-state index is 11.9. The molecule has 0 atom stereocenters. The van der Waals surface area contributed by atoms with Crippen LogP contribution in [0.25, 0.3) is 0 Å². The second-order valence-corrected chi connectivity index (χ2v) is 4.41. The Kier molecular flexibility index (Phi) is 7.58. The Balaban J connectivity index is 2.66. The first kappa shape index (κ1) is 16.7. The van der Waals surface area contributed by atoms with Gasteiger partial charge in [0.05, 0.1) is 0 Å². The molecule has 0 aromatic heterocycles. The summed E-state index contributed by atoms with van der Waals surface area (Å²) >= 11 is 0. The summed E-state index contributed by atoms with van der Waals surface area (Å²) in [4.78, 5) is 23.9. The van der Waals surface area contributed by atoms with E-state index in [4.69, 9.17) is 9.47 Å². The van der Waals surface area contributed by atoms with Crippen molar-refractivity contribution in [3.63, 3.8) is 0 Å². The summed E-state index contributed by atoms with van der Waals surface area (Å²) in [6.07, 6.45) is 3.86. The molecule has 0 aliphatic carbocycles. The lowest BCUT2D eigenvalue weighted by Gasteiger charge is -2.14. The standard InChI is InChI=1S/C17H20O4/c1-3-12-20-16(18)15(17(19)21-13-4-2)11-10-14-8-6-5-7-9-14/h3-9,15H,1-2,10-13H2. The van der Waals surface area contributed by atoms with Crippen molar-refractivity contribution in [3.05, 3.63) is 61.2 Å². The van der Waals surface area contributed by atoms with Gasteiger partial charge >= 0.3 is 11.9 Å². The number of rotatable bonds is 9. The van der Waals surface area contributed by atoms with Crippen LogP contribution in [0.15, 0.2) is 55.6 Å². The minimum atomic E-state index is -0.926. The van der Waals surface area contributed by atoms with E-state index in [1.54, 1.807) is 0 Å². The zero-order valence-corrected chi connectivity index (χ0v) is 12.0. The fourth-order valence-electron chi connectivity index (χ4n) is 1.77. The summed E-state index contributed by atoms with van der Waals surface area (Å²) in [5, 5.41) is 0. The molecule has 112 valence electrons. The summed E-state index contributed by atoms with van der Waals surface area (Å²) in [5.74, 6) is -2.09. The molecule has 4 heteroatoms. The van der Waals surface area contributed by atoms with Gasteiger partial charge < -0.3 is 9.47 Å². The van der Waals surface area contributed by atoms with E-state index in [2.05, 4.69) is 13.2 Å². The van der Waals surface area contributed by atoms with Gasteiger partial charge in [-0.05, 0) is 18.4 Å². The normalized spacial score (nSPS) is 9.95. The number of esters is 2. The molecule has 0 fully saturated rings. The van der Waals surface area contributed by atoms with Crippen LogP contribution in [0.4, 0.5) is 0 Å². The summed E-state index contributed by atoms with van der Waals surface area (Å²) < 4.78 is 9.92. The molecule has 0 unspecified atom stereocenters. The van der Waals surface area contributed by atoms with Crippen molar-refractivity contribution in [1.29, 1.82) is 0 Å². The molecule has 21 heavy (non-hydrogen) atoms. The van der Waals surface area contributed by atoms with Gasteiger partial charge in [0.1, 0.15) is 13.2 Å². The highest BCUT2D eigenvalue weighted by Crippen LogP contribution is 2.14. The van der Waals surface area contributed by atoms with E-state index in [1.807, 2.05) is 30.3 Å². The summed E-state index contributed by atoms with van der Waals surface area (Å²) in [6, 6.07) is 9.63. The number of carbonyl (C=O) groups is 2. The third-order valence-electron chi connectivity index (χ3n) is 2.82. The number of aryl methyl sites for hydroxylation is 1. The fraction of sp³-hybridized carbons (Fsp3) is 0.294. The SMILES string of the molecule is C=CCOC(=O)C(CCc1ccccc1)C(=O)OCC=C. The lowest BCUT2D eigenvalue weighted by atomic mass is 9.99. The zero-order chi connectivity index (χ0) is 15.5. The van der Waals surface area contributed by atoms with E-state index in [-0.39, 0.29) is 13.2 Å². The van der Waals surface area contributed by atoms with Gasteiger partial charge in [-0.3, -0.25) is 9.59 Å². The summed E-state index contributed by atoms with van der Waals surface area (Å²) in [6.45, 7) is 7.10. The van der Waals surface area contributed by atoms with E-state index < -0.39 is 17.9 Å². The van der Waals surface area contributed by atoms with Crippen LogP contribution < -0.4 is 0 Å². The molecule has 0 saturated carbocycles. The summed E-state index contributed by atoms with van der Waals surface area (Å²) in [7, 11) is 0. The van der Waals surface area contributed by atoms with Crippen LogP contribution in [0, 0.1) is 5.92 Å². The maximum atomic E-state index is 11.9. The average Bonchev–Trinajstić information content (AvgIpc) is 2.52. The minimum absolute atomic E-state index is 0.0788. The van der Waals surface area contributed by atoms with Crippen LogP contribution in [0.1, 0.15) is 12.0 Å². The van der Waals surface area contributed by atoms with E-state index in [1.165, 1.54) is 12.2 Å². The van der Waals surface area contributed by atoms with Crippen molar-refractivity contribution in [2.45, 2.75) is 12.8 Å². The van der Waals surface area contributed by atoms with Gasteiger partial charge in [0.25, 0.3) is 0 Å². The third-order valence-corrected chi connectivity index (χ3v) is 2.82. The van der Waals surface area contributed by atoms with Crippen LogP contribution >= 0.6 is 0 Å². The predicted octanol–water partition coefficient (Wildman–Crippen LogP) is 2.69. The van der Waals surface area contributed by atoms with Crippen LogP contribution in [-0.2, 0) is 25.5 Å². The molecule has 0 heterocycles. The average molecular weight is 288 g/mol. The number of hydrogen-bond acceptors (Lipinski definition) is 4. The maximum Gasteiger partial charge on any atom is 0.320 e. The number of ether oxygens (including phenoxy) is 2. The van der Waals surface area contributed by atoms with Gasteiger partial charge in [0.2, 0.25) is 0 Å². The molecule has 0 aliphatic rings. The monoisotopic (exact) mass is 288 g/mol. The number of benzene rings is 1. The van der Waals surface area contributed by atoms with Crippen molar-refractivity contribution in [1.82, 2.24) is 0 Å². The van der Waals surface area contributed by atoms with Gasteiger partial charge in [0.15, 0.2) is 5.92 Å². The first-order valence-electron chi connectivity index (χ1n) is 6.78. The number of carbonyl (C=O) groups excluding carboxylic acids is 2. The van der Waals surface area contributed by atoms with Crippen LogP contribution in [0.2, 0.25) is 0 Å². The van der Waals surface area contributed by atoms with E-state index in [9.17, 15) is 9.59 Å². The Hall–Kier alpha value is -2.36. The van der Waals surface area contributed by atoms with Crippen LogP contribution in [0.5, 0.6) is 0 Å². The Morgan fingerprint density at radius 1 is 1.00 bits per heavy atom. The van der Waals surface area contributed by atoms with Crippen molar-refractivity contribution in [2.75, 3.05) is 13.2 Å². The molecule has 0 aliphatic heterocycles. The molecule has 0 radical (unpaired) electrons. The molecule has 1 aromatic carbocycles. The molecule has 1 aromatic rings. The molecule has 1 rings (SSSR count). The second kappa shape index (κ2) is 9.53. The Bertz CT molecular complexity index is 455. The van der Waals surface area contributed by atoms with Crippen LogP contribution in [0.3, 0.4) is 0 Å². The van der Waals surface area contributed by atoms with Crippen molar-refractivity contribution >= 4 is 11.9 Å². The second-order valence-electron chi connectivity index (χ2n) is 4.41. The third kappa shape index (κ3) is 6.08. The molecule has 0 bridgehead atoms. The molecule has 4 nitrogen and oxygen atoms in total. The van der Waals surface area contributed by atoms with Gasteiger partial charge in [-0.2, -0.15) is 0 Å². The molecule has 0 amide bonds. The van der Waals surface area contributed by atoms with Crippen LogP contribution in [-0.4, -0.2) is 25.2 Å².